The average molecular weight is 697 g/mol. The molecule has 4 aromatic rings. The van der Waals surface area contributed by atoms with Crippen molar-refractivity contribution in [1.82, 2.24) is 24.7 Å². The molecule has 0 atom stereocenters. The molecule has 1 amide bonds. The number of hydrogen-bond donors (Lipinski definition) is 2. The van der Waals surface area contributed by atoms with Crippen molar-refractivity contribution in [1.29, 1.82) is 0 Å². The molecule has 0 aliphatic heterocycles. The maximum atomic E-state index is 13.7. The number of nitrogens with zero attached hydrogens (tertiary/aromatic N) is 6. The van der Waals surface area contributed by atoms with Crippen LogP contribution in [0.2, 0.25) is 51.4 Å². The Morgan fingerprint density at radius 1 is 0.894 bits per heavy atom. The van der Waals surface area contributed by atoms with Crippen molar-refractivity contribution in [2.45, 2.75) is 63.0 Å². The van der Waals surface area contributed by atoms with E-state index in [-0.39, 0.29) is 35.8 Å². The highest BCUT2D eigenvalue weighted by Gasteiger charge is 2.28. The summed E-state index contributed by atoms with van der Waals surface area (Å²) in [5.41, 5.74) is 7.79. The van der Waals surface area contributed by atoms with E-state index in [2.05, 4.69) is 64.6 Å². The molecule has 0 radical (unpaired) electrons. The number of sulfonamides is 1. The fourth-order valence-corrected chi connectivity index (χ4v) is 6.98. The van der Waals surface area contributed by atoms with Gasteiger partial charge in [0.15, 0.2) is 0 Å². The number of carbonyl (C=O) groups excluding carboxylic acids is 1. The maximum absolute atomic E-state index is 13.7. The number of hydrogen-bond acceptors (Lipinski definition) is 10. The number of carbonyl (C=O) groups is 1. The Morgan fingerprint density at radius 3 is 2.13 bits per heavy atom. The minimum absolute atomic E-state index is 0.00302. The van der Waals surface area contributed by atoms with Crippen molar-refractivity contribution < 1.29 is 22.7 Å². The first-order valence-electron chi connectivity index (χ1n) is 15.3. The summed E-state index contributed by atoms with van der Waals surface area (Å²) in [6.07, 6.45) is 4.53. The van der Waals surface area contributed by atoms with E-state index in [0.29, 0.717) is 30.2 Å². The van der Waals surface area contributed by atoms with Crippen LogP contribution in [0.1, 0.15) is 10.5 Å². The molecule has 0 saturated carbocycles. The Hall–Kier alpha value is -3.97. The van der Waals surface area contributed by atoms with E-state index in [1.165, 1.54) is 41.3 Å². The molecule has 0 saturated heterocycles. The first-order valence-corrected chi connectivity index (χ1v) is 24.1. The Balaban J connectivity index is 1.53. The van der Waals surface area contributed by atoms with Gasteiger partial charge in [0.05, 0.1) is 10.6 Å². The molecule has 3 aromatic heterocycles. The summed E-state index contributed by atoms with van der Waals surface area (Å²) in [4.78, 5) is 25.9. The van der Waals surface area contributed by atoms with Crippen LogP contribution in [0, 0.1) is 0 Å². The lowest BCUT2D eigenvalue weighted by Crippen LogP contribution is -2.35. The average Bonchev–Trinajstić information content (AvgIpc) is 3.43. The van der Waals surface area contributed by atoms with E-state index < -0.39 is 32.1 Å². The Bertz CT molecular complexity index is 1740. The number of amides is 1. The number of ether oxygens (including phenoxy) is 2. The first kappa shape index (κ1) is 35.9. The standard InChI is InChI=1S/C31H44N8O5SSi2/c1-46(2,3)19-17-43-22-38-28(21-27(37-38)26-9-7-14-33-29(26)32)30(40)36-24-10-12-25(13-11-24)45(41,42)39(31-34-15-8-16-35-31)23-44-18-20-47(4,5)6/h7-16,21H,17-20,22-23H2,1-6H3,(H2,32,33)(H,36,40). The summed E-state index contributed by atoms with van der Waals surface area (Å²) in [7, 11) is -6.79. The van der Waals surface area contributed by atoms with Crippen LogP contribution in [-0.2, 0) is 26.2 Å². The number of nitrogen functional groups attached to an aromatic ring is 1. The van der Waals surface area contributed by atoms with Gasteiger partial charge in [0, 0.05) is 59.2 Å². The van der Waals surface area contributed by atoms with Crippen LogP contribution in [0.15, 0.2) is 72.0 Å². The number of anilines is 3. The molecule has 47 heavy (non-hydrogen) atoms. The van der Waals surface area contributed by atoms with Crippen LogP contribution in [0.5, 0.6) is 0 Å². The minimum Gasteiger partial charge on any atom is -0.383 e. The minimum atomic E-state index is -4.09. The fraction of sp³-hybridized carbons (Fsp3) is 0.387. The van der Waals surface area contributed by atoms with Crippen LogP contribution in [-0.4, -0.2) is 75.1 Å². The number of rotatable bonds is 16. The number of pyridine rings is 1. The van der Waals surface area contributed by atoms with Crippen molar-refractivity contribution in [3.05, 3.63) is 72.8 Å². The molecule has 16 heteroatoms. The van der Waals surface area contributed by atoms with Crippen LogP contribution >= 0.6 is 0 Å². The second kappa shape index (κ2) is 15.3. The van der Waals surface area contributed by atoms with Gasteiger partial charge in [-0.1, -0.05) is 39.3 Å². The summed E-state index contributed by atoms with van der Waals surface area (Å²) in [5.74, 6) is -0.161. The largest absolute Gasteiger partial charge is 0.383 e. The summed E-state index contributed by atoms with van der Waals surface area (Å²) in [5, 5.41) is 7.43. The third-order valence-corrected chi connectivity index (χ3v) is 12.1. The Kier molecular flexibility index (Phi) is 11.7. The molecule has 0 spiro atoms. The van der Waals surface area contributed by atoms with Crippen LogP contribution in [0.4, 0.5) is 17.5 Å². The van der Waals surface area contributed by atoms with E-state index in [4.69, 9.17) is 15.2 Å². The van der Waals surface area contributed by atoms with Crippen molar-refractivity contribution in [2.75, 3.05) is 35.3 Å². The maximum Gasteiger partial charge on any atom is 0.274 e. The van der Waals surface area contributed by atoms with Crippen molar-refractivity contribution in [3.63, 3.8) is 0 Å². The van der Waals surface area contributed by atoms with Gasteiger partial charge in [0.25, 0.3) is 15.9 Å². The molecule has 0 bridgehead atoms. The van der Waals surface area contributed by atoms with E-state index in [1.807, 2.05) is 0 Å². The monoisotopic (exact) mass is 696 g/mol. The predicted octanol–water partition coefficient (Wildman–Crippen LogP) is 5.39. The van der Waals surface area contributed by atoms with E-state index in [0.717, 1.165) is 16.4 Å². The summed E-state index contributed by atoms with van der Waals surface area (Å²) in [6.45, 7) is 14.3. The molecular formula is C31H44N8O5SSi2. The molecule has 1 aromatic carbocycles. The van der Waals surface area contributed by atoms with Gasteiger partial charge in [0.1, 0.15) is 25.0 Å². The molecule has 0 aliphatic rings. The van der Waals surface area contributed by atoms with Crippen LogP contribution < -0.4 is 15.4 Å². The van der Waals surface area contributed by atoms with E-state index >= 15 is 0 Å². The summed E-state index contributed by atoms with van der Waals surface area (Å²) >= 11 is 0. The number of nitrogens with one attached hydrogen (secondary N) is 1. The van der Waals surface area contributed by atoms with Crippen molar-refractivity contribution in [2.24, 2.45) is 0 Å². The van der Waals surface area contributed by atoms with Gasteiger partial charge in [-0.3, -0.25) is 4.79 Å². The highest BCUT2D eigenvalue weighted by atomic mass is 32.2. The molecule has 13 nitrogen and oxygen atoms in total. The topological polar surface area (TPSA) is 167 Å². The third kappa shape index (κ3) is 10.3. The highest BCUT2D eigenvalue weighted by Crippen LogP contribution is 2.26. The third-order valence-electron chi connectivity index (χ3n) is 7.02. The lowest BCUT2D eigenvalue weighted by atomic mass is 10.2. The quantitative estimate of drug-likeness (QED) is 0.0881. The first-order chi connectivity index (χ1) is 22.1. The van der Waals surface area contributed by atoms with E-state index in [9.17, 15) is 13.2 Å². The molecule has 0 aliphatic carbocycles. The van der Waals surface area contributed by atoms with Gasteiger partial charge in [-0.15, -0.1) is 0 Å². The Labute approximate surface area is 278 Å². The second-order valence-corrected chi connectivity index (χ2v) is 26.5. The molecular weight excluding hydrogens is 653 g/mol. The summed E-state index contributed by atoms with van der Waals surface area (Å²) < 4.78 is 41.7. The SMILES string of the molecule is C[Si](C)(C)CCOCN(c1ncccn1)S(=O)(=O)c1ccc(NC(=O)c2cc(-c3cccnc3N)nn2COCC[Si](C)(C)C)cc1. The molecule has 252 valence electrons. The van der Waals surface area contributed by atoms with Gasteiger partial charge in [-0.25, -0.2) is 32.4 Å². The van der Waals surface area contributed by atoms with Gasteiger partial charge in [-0.05, 0) is 60.6 Å². The van der Waals surface area contributed by atoms with Gasteiger partial charge < -0.3 is 20.5 Å². The van der Waals surface area contributed by atoms with E-state index in [1.54, 1.807) is 30.5 Å². The van der Waals surface area contributed by atoms with Crippen LogP contribution in [0.25, 0.3) is 11.3 Å². The normalized spacial score (nSPS) is 12.2. The molecule has 3 N–H and O–H groups in total. The smallest absolute Gasteiger partial charge is 0.274 e. The van der Waals surface area contributed by atoms with Gasteiger partial charge >= 0.3 is 0 Å². The molecule has 0 unspecified atom stereocenters. The van der Waals surface area contributed by atoms with Crippen LogP contribution in [0.3, 0.4) is 0 Å². The zero-order valence-electron chi connectivity index (χ0n) is 27.8. The zero-order valence-corrected chi connectivity index (χ0v) is 30.6. The predicted molar refractivity (Wildman–Crippen MR) is 189 cm³/mol. The van der Waals surface area contributed by atoms with Crippen molar-refractivity contribution in [3.8, 4) is 11.3 Å². The zero-order chi connectivity index (χ0) is 34.2. The van der Waals surface area contributed by atoms with Gasteiger partial charge in [0.2, 0.25) is 5.95 Å². The number of nitrogens with two attached hydrogens (primary N) is 1. The Morgan fingerprint density at radius 2 is 1.51 bits per heavy atom. The molecule has 3 heterocycles. The second-order valence-electron chi connectivity index (χ2n) is 13.4. The number of benzene rings is 1. The highest BCUT2D eigenvalue weighted by molar-refractivity contribution is 7.92. The molecule has 0 fully saturated rings. The lowest BCUT2D eigenvalue weighted by Gasteiger charge is -2.23. The lowest BCUT2D eigenvalue weighted by molar-refractivity contribution is 0.0738. The molecule has 4 rings (SSSR count). The van der Waals surface area contributed by atoms with Gasteiger partial charge in [-0.2, -0.15) is 5.10 Å². The van der Waals surface area contributed by atoms with Crippen molar-refractivity contribution >= 4 is 49.5 Å². The number of aromatic nitrogens is 5. The summed E-state index contributed by atoms with van der Waals surface area (Å²) in [6, 6.07) is 14.5. The fourth-order valence-electron chi connectivity index (χ4n) is 4.21.